The molecule has 1 atom stereocenters. The van der Waals surface area contributed by atoms with Gasteiger partial charge in [-0.2, -0.15) is 0 Å². The van der Waals surface area contributed by atoms with Crippen LogP contribution in [0.1, 0.15) is 12.8 Å². The molecule has 1 aliphatic rings. The fourth-order valence-electron chi connectivity index (χ4n) is 2.54. The quantitative estimate of drug-likeness (QED) is 0.829. The molecule has 20 heavy (non-hydrogen) atoms. The molecule has 1 saturated heterocycles. The molecule has 1 aromatic rings. The number of nitrogens with zero attached hydrogens (tertiary/aromatic N) is 4. The molecule has 5 nitrogen and oxygen atoms in total. The molecule has 1 aliphatic heterocycles. The topological polar surface area (TPSA) is 39.7 Å². The van der Waals surface area contributed by atoms with E-state index >= 15 is 0 Å². The van der Waals surface area contributed by atoms with Gasteiger partial charge in [-0.3, -0.25) is 0 Å². The van der Waals surface area contributed by atoms with Crippen LogP contribution in [0.15, 0.2) is 22.8 Å². The lowest BCUT2D eigenvalue weighted by Gasteiger charge is -2.39. The first-order chi connectivity index (χ1) is 9.50. The Morgan fingerprint density at radius 1 is 1.45 bits per heavy atom. The molecular weight excluding hydrogens is 320 g/mol. The Labute approximate surface area is 128 Å². The number of rotatable bonds is 2. The van der Waals surface area contributed by atoms with Crippen LogP contribution < -0.4 is 4.90 Å². The predicted molar refractivity (Wildman–Crippen MR) is 84.0 cm³/mol. The number of carbonyl (C=O) groups is 1. The van der Waals surface area contributed by atoms with E-state index in [0.717, 1.165) is 36.2 Å². The lowest BCUT2D eigenvalue weighted by molar-refractivity contribution is 0.157. The minimum absolute atomic E-state index is 0.0527. The number of carbonyl (C=O) groups excluding carboxylic acids is 1. The average molecular weight is 341 g/mol. The highest BCUT2D eigenvalue weighted by Crippen LogP contribution is 2.27. The Morgan fingerprint density at radius 2 is 2.20 bits per heavy atom. The number of hydrogen-bond donors (Lipinski definition) is 0. The summed E-state index contributed by atoms with van der Waals surface area (Å²) >= 11 is 3.55. The fourth-order valence-corrected chi connectivity index (χ4v) is 3.05. The van der Waals surface area contributed by atoms with Gasteiger partial charge < -0.3 is 14.7 Å². The highest BCUT2D eigenvalue weighted by molar-refractivity contribution is 9.10. The maximum atomic E-state index is 12.1. The first-order valence-corrected chi connectivity index (χ1v) is 7.59. The van der Waals surface area contributed by atoms with Crippen molar-refractivity contribution < 1.29 is 4.79 Å². The third-order valence-corrected chi connectivity index (χ3v) is 4.29. The third-order valence-electron chi connectivity index (χ3n) is 3.67. The minimum atomic E-state index is 0.0527. The zero-order valence-electron chi connectivity index (χ0n) is 12.2. The molecule has 1 fully saturated rings. The number of amides is 2. The molecule has 0 radical (unpaired) electrons. The molecule has 0 aliphatic carbocycles. The summed E-state index contributed by atoms with van der Waals surface area (Å²) in [5, 5.41) is 0. The van der Waals surface area contributed by atoms with Crippen molar-refractivity contribution in [1.29, 1.82) is 0 Å². The lowest BCUT2D eigenvalue weighted by atomic mass is 10.0. The second kappa shape index (κ2) is 6.43. The van der Waals surface area contributed by atoms with Gasteiger partial charge in [0.15, 0.2) is 0 Å². The van der Waals surface area contributed by atoms with Gasteiger partial charge in [0.05, 0.1) is 10.5 Å². The van der Waals surface area contributed by atoms with Gasteiger partial charge in [-0.15, -0.1) is 0 Å². The van der Waals surface area contributed by atoms with Crippen LogP contribution in [0.5, 0.6) is 0 Å². The van der Waals surface area contributed by atoms with E-state index in [-0.39, 0.29) is 12.1 Å². The number of likely N-dealkylation sites (N-methyl/N-ethyl adjacent to an activating group) is 1. The summed E-state index contributed by atoms with van der Waals surface area (Å²) in [6, 6.07) is 4.20. The first kappa shape index (κ1) is 15.1. The summed E-state index contributed by atoms with van der Waals surface area (Å²) in [7, 11) is 5.45. The zero-order valence-corrected chi connectivity index (χ0v) is 13.8. The van der Waals surface area contributed by atoms with Gasteiger partial charge in [-0.05, 0) is 40.9 Å². The van der Waals surface area contributed by atoms with Crippen molar-refractivity contribution in [3.8, 4) is 0 Å². The molecule has 0 saturated carbocycles. The van der Waals surface area contributed by atoms with Crippen molar-refractivity contribution in [1.82, 2.24) is 14.8 Å². The van der Waals surface area contributed by atoms with Crippen molar-refractivity contribution in [2.24, 2.45) is 0 Å². The van der Waals surface area contributed by atoms with Crippen LogP contribution in [0.2, 0.25) is 0 Å². The van der Waals surface area contributed by atoms with E-state index < -0.39 is 0 Å². The highest BCUT2D eigenvalue weighted by atomic mass is 79.9. The van der Waals surface area contributed by atoms with Gasteiger partial charge in [0, 0.05) is 40.4 Å². The number of piperidine rings is 1. The van der Waals surface area contributed by atoms with Gasteiger partial charge in [0.2, 0.25) is 0 Å². The molecule has 6 heteroatoms. The summed E-state index contributed by atoms with van der Waals surface area (Å²) in [6.07, 6.45) is 3.91. The van der Waals surface area contributed by atoms with Gasteiger partial charge in [-0.1, -0.05) is 0 Å². The first-order valence-electron chi connectivity index (χ1n) is 6.80. The Kier molecular flexibility index (Phi) is 4.86. The van der Waals surface area contributed by atoms with Gasteiger partial charge in [-0.25, -0.2) is 9.78 Å². The summed E-state index contributed by atoms with van der Waals surface area (Å²) in [6.45, 7) is 1.81. The van der Waals surface area contributed by atoms with E-state index in [1.54, 1.807) is 25.2 Å². The van der Waals surface area contributed by atoms with E-state index in [0.29, 0.717) is 0 Å². The van der Waals surface area contributed by atoms with Crippen molar-refractivity contribution >= 4 is 27.8 Å². The molecule has 2 amide bonds. The SMILES string of the molecule is CN(C)C(=O)N(C)C1CCCN(c2ncccc2Br)C1. The van der Waals surface area contributed by atoms with E-state index in [9.17, 15) is 4.79 Å². The molecule has 0 N–H and O–H groups in total. The highest BCUT2D eigenvalue weighted by Gasteiger charge is 2.28. The van der Waals surface area contributed by atoms with Gasteiger partial charge in [0.1, 0.15) is 5.82 Å². The van der Waals surface area contributed by atoms with E-state index in [4.69, 9.17) is 0 Å². The molecule has 2 rings (SSSR count). The van der Waals surface area contributed by atoms with E-state index in [1.807, 2.05) is 24.1 Å². The number of anilines is 1. The van der Waals surface area contributed by atoms with E-state index in [2.05, 4.69) is 25.8 Å². The number of pyridine rings is 1. The van der Waals surface area contributed by atoms with Gasteiger partial charge >= 0.3 is 6.03 Å². The molecule has 2 heterocycles. The molecule has 110 valence electrons. The Balaban J connectivity index is 2.09. The third kappa shape index (κ3) is 3.23. The maximum absolute atomic E-state index is 12.1. The van der Waals surface area contributed by atoms with Crippen molar-refractivity contribution in [3.63, 3.8) is 0 Å². The standard InChI is InChI=1S/C14H21BrN4O/c1-17(2)14(20)18(3)11-6-5-9-19(10-11)13-12(15)7-4-8-16-13/h4,7-8,11H,5-6,9-10H2,1-3H3. The molecule has 0 spiro atoms. The Hall–Kier alpha value is -1.30. The minimum Gasteiger partial charge on any atom is -0.354 e. The maximum Gasteiger partial charge on any atom is 0.319 e. The van der Waals surface area contributed by atoms with Crippen molar-refractivity contribution in [2.45, 2.75) is 18.9 Å². The number of hydrogen-bond acceptors (Lipinski definition) is 3. The molecule has 1 unspecified atom stereocenters. The molecule has 1 aromatic heterocycles. The Morgan fingerprint density at radius 3 is 2.85 bits per heavy atom. The van der Waals surface area contributed by atoms with Crippen molar-refractivity contribution in [2.75, 3.05) is 39.1 Å². The monoisotopic (exact) mass is 340 g/mol. The smallest absolute Gasteiger partial charge is 0.319 e. The molecule has 0 aromatic carbocycles. The largest absolute Gasteiger partial charge is 0.354 e. The van der Waals surface area contributed by atoms with Crippen LogP contribution in [0.4, 0.5) is 10.6 Å². The summed E-state index contributed by atoms with van der Waals surface area (Å²) in [5.41, 5.74) is 0. The second-order valence-corrected chi connectivity index (χ2v) is 6.19. The van der Waals surface area contributed by atoms with Crippen LogP contribution in [0, 0.1) is 0 Å². The normalized spacial score (nSPS) is 18.8. The summed E-state index contributed by atoms with van der Waals surface area (Å²) in [5.74, 6) is 0.961. The lowest BCUT2D eigenvalue weighted by Crippen LogP contribution is -2.51. The predicted octanol–water partition coefficient (Wildman–Crippen LogP) is 2.43. The van der Waals surface area contributed by atoms with Crippen LogP contribution in [0.25, 0.3) is 0 Å². The summed E-state index contributed by atoms with van der Waals surface area (Å²) in [4.78, 5) is 22.2. The molecule has 0 bridgehead atoms. The zero-order chi connectivity index (χ0) is 14.7. The second-order valence-electron chi connectivity index (χ2n) is 5.34. The van der Waals surface area contributed by atoms with Crippen molar-refractivity contribution in [3.05, 3.63) is 22.8 Å². The number of halogens is 1. The number of urea groups is 1. The van der Waals surface area contributed by atoms with Crippen LogP contribution in [0.3, 0.4) is 0 Å². The summed E-state index contributed by atoms with van der Waals surface area (Å²) < 4.78 is 1.00. The average Bonchev–Trinajstić information content (AvgIpc) is 2.46. The Bertz CT molecular complexity index is 480. The van der Waals surface area contributed by atoms with Gasteiger partial charge in [0.25, 0.3) is 0 Å². The number of aromatic nitrogens is 1. The molecular formula is C14H21BrN4O. The van der Waals surface area contributed by atoms with E-state index in [1.165, 1.54) is 0 Å². The van der Waals surface area contributed by atoms with Crippen LogP contribution in [-0.4, -0.2) is 61.1 Å². The fraction of sp³-hybridized carbons (Fsp3) is 0.571. The van der Waals surface area contributed by atoms with Crippen LogP contribution in [-0.2, 0) is 0 Å². The van der Waals surface area contributed by atoms with Crippen LogP contribution >= 0.6 is 15.9 Å².